The fraction of sp³-hybridized carbons (Fsp3) is 0.292. The van der Waals surface area contributed by atoms with Crippen molar-refractivity contribution in [2.45, 2.75) is 32.0 Å². The number of allylic oxidation sites excluding steroid dienone is 2. The average molecular weight is 468 g/mol. The molecule has 1 N–H and O–H groups in total. The third-order valence-electron chi connectivity index (χ3n) is 5.43. The van der Waals surface area contributed by atoms with Crippen molar-refractivity contribution >= 4 is 24.0 Å². The minimum absolute atomic E-state index is 0.0237. The van der Waals surface area contributed by atoms with Gasteiger partial charge in [-0.3, -0.25) is 14.8 Å². The lowest BCUT2D eigenvalue weighted by molar-refractivity contribution is -0.112. The third kappa shape index (κ3) is 5.38. The highest BCUT2D eigenvalue weighted by molar-refractivity contribution is 6.04. The topological polar surface area (TPSA) is 84.5 Å². The molecule has 2 aromatic rings. The lowest BCUT2D eigenvalue weighted by Crippen LogP contribution is -2.20. The average Bonchev–Trinajstić information content (AvgIpc) is 3.54. The van der Waals surface area contributed by atoms with E-state index in [0.29, 0.717) is 17.3 Å². The molecule has 0 radical (unpaired) electrons. The highest BCUT2D eigenvalue weighted by Crippen LogP contribution is 2.37. The van der Waals surface area contributed by atoms with Gasteiger partial charge in [0.15, 0.2) is 5.82 Å². The molecule has 1 amide bonds. The Hall–Kier alpha value is -3.82. The van der Waals surface area contributed by atoms with Crippen molar-refractivity contribution in [2.24, 2.45) is 15.9 Å². The molecule has 7 nitrogen and oxygen atoms in total. The van der Waals surface area contributed by atoms with Crippen LogP contribution in [0.4, 0.5) is 18.9 Å². The van der Waals surface area contributed by atoms with Crippen molar-refractivity contribution in [3.63, 3.8) is 0 Å². The van der Waals surface area contributed by atoms with E-state index in [-0.39, 0.29) is 12.2 Å². The number of halogens is 3. The Morgan fingerprint density at radius 3 is 2.82 bits per heavy atom. The lowest BCUT2D eigenvalue weighted by atomic mass is 9.94. The van der Waals surface area contributed by atoms with E-state index in [0.717, 1.165) is 36.5 Å². The second-order valence-corrected chi connectivity index (χ2v) is 8.04. The van der Waals surface area contributed by atoms with E-state index in [1.54, 1.807) is 31.5 Å². The van der Waals surface area contributed by atoms with Crippen LogP contribution >= 0.6 is 0 Å². The summed E-state index contributed by atoms with van der Waals surface area (Å²) in [5, 5.41) is 11.0. The van der Waals surface area contributed by atoms with Crippen molar-refractivity contribution in [3.05, 3.63) is 66.2 Å². The molecule has 10 heteroatoms. The number of carbonyl (C=O) groups excluding carboxylic acids is 1. The second kappa shape index (κ2) is 9.58. The molecule has 0 spiro atoms. The van der Waals surface area contributed by atoms with Gasteiger partial charge in [-0.05, 0) is 43.5 Å². The molecular formula is C24H23F3N6O. The van der Waals surface area contributed by atoms with E-state index in [4.69, 9.17) is 0 Å². The minimum Gasteiger partial charge on any atom is -0.321 e. The summed E-state index contributed by atoms with van der Waals surface area (Å²) in [5.74, 6) is -0.479. The second-order valence-electron chi connectivity index (χ2n) is 8.04. The van der Waals surface area contributed by atoms with Gasteiger partial charge < -0.3 is 9.88 Å². The van der Waals surface area contributed by atoms with Crippen LogP contribution in [0.3, 0.4) is 0 Å². The molecule has 1 aromatic carbocycles. The summed E-state index contributed by atoms with van der Waals surface area (Å²) in [7, 11) is 0. The normalized spacial score (nSPS) is 18.8. The highest BCUT2D eigenvalue weighted by atomic mass is 19.4. The van der Waals surface area contributed by atoms with Crippen molar-refractivity contribution in [1.29, 1.82) is 0 Å². The van der Waals surface area contributed by atoms with Gasteiger partial charge in [0.1, 0.15) is 12.0 Å². The number of nitrogens with zero attached hydrogens (tertiary/aromatic N) is 5. The summed E-state index contributed by atoms with van der Waals surface area (Å²) in [6.45, 7) is 5.61. The summed E-state index contributed by atoms with van der Waals surface area (Å²) in [6.07, 6.45) is 4.07. The predicted octanol–water partition coefficient (Wildman–Crippen LogP) is 4.94. The Balaban J connectivity index is 1.52. The van der Waals surface area contributed by atoms with E-state index in [2.05, 4.69) is 32.1 Å². The SMILES string of the molecule is C=C(C=C(N=CC)C(=O)Nc1cccc(-c2nncn2C2CC2)c1)C1C=C(C(F)(F)F)C=NC1. The molecule has 2 aliphatic rings. The number of nitrogens with one attached hydrogen (secondary N) is 1. The third-order valence-corrected chi connectivity index (χ3v) is 5.43. The first-order valence-electron chi connectivity index (χ1n) is 10.8. The standard InChI is InChI=1S/C24H23F3N6O/c1-3-29-21(9-15(2)17-10-18(13-28-12-17)24(25,26)27)23(34)31-19-6-4-5-16(11-19)22-32-30-14-33(22)20-7-8-20/h3-6,9-11,13-14,17,20H,2,7-8,12H2,1H3,(H,31,34). The molecular weight excluding hydrogens is 445 g/mol. The van der Waals surface area contributed by atoms with Crippen LogP contribution in [0.25, 0.3) is 11.4 Å². The molecule has 1 unspecified atom stereocenters. The largest absolute Gasteiger partial charge is 0.417 e. The van der Waals surface area contributed by atoms with Crippen molar-refractivity contribution in [2.75, 3.05) is 11.9 Å². The van der Waals surface area contributed by atoms with Crippen LogP contribution in [0.2, 0.25) is 0 Å². The van der Waals surface area contributed by atoms with Gasteiger partial charge in [-0.1, -0.05) is 24.8 Å². The van der Waals surface area contributed by atoms with E-state index < -0.39 is 23.6 Å². The fourth-order valence-corrected chi connectivity index (χ4v) is 3.55. The van der Waals surface area contributed by atoms with Crippen molar-refractivity contribution in [3.8, 4) is 11.4 Å². The summed E-state index contributed by atoms with van der Waals surface area (Å²) < 4.78 is 41.1. The number of aliphatic imine (C=N–C) groups is 2. The minimum atomic E-state index is -4.50. The summed E-state index contributed by atoms with van der Waals surface area (Å²) in [6, 6.07) is 7.60. The van der Waals surface area contributed by atoms with E-state index in [1.165, 1.54) is 12.3 Å². The van der Waals surface area contributed by atoms with Gasteiger partial charge in [-0.15, -0.1) is 10.2 Å². The summed E-state index contributed by atoms with van der Waals surface area (Å²) >= 11 is 0. The Kier molecular flexibility index (Phi) is 6.58. The van der Waals surface area contributed by atoms with Crippen LogP contribution in [0, 0.1) is 5.92 Å². The molecule has 176 valence electrons. The van der Waals surface area contributed by atoms with Gasteiger partial charge >= 0.3 is 6.18 Å². The molecule has 34 heavy (non-hydrogen) atoms. The molecule has 1 atom stereocenters. The lowest BCUT2D eigenvalue weighted by Gasteiger charge is -2.18. The maximum Gasteiger partial charge on any atom is 0.417 e. The number of rotatable bonds is 7. The first-order valence-corrected chi connectivity index (χ1v) is 10.8. The van der Waals surface area contributed by atoms with Crippen LogP contribution in [0.15, 0.2) is 76.2 Å². The van der Waals surface area contributed by atoms with E-state index in [9.17, 15) is 18.0 Å². The molecule has 1 aliphatic carbocycles. The van der Waals surface area contributed by atoms with Crippen molar-refractivity contribution in [1.82, 2.24) is 14.8 Å². The smallest absolute Gasteiger partial charge is 0.321 e. The monoisotopic (exact) mass is 468 g/mol. The molecule has 1 aliphatic heterocycles. The zero-order chi connectivity index (χ0) is 24.3. The molecule has 2 heterocycles. The number of amides is 1. The van der Waals surface area contributed by atoms with Gasteiger partial charge in [0.05, 0.1) is 5.57 Å². The van der Waals surface area contributed by atoms with E-state index >= 15 is 0 Å². The number of dihydropyridines is 1. The van der Waals surface area contributed by atoms with Crippen LogP contribution in [0.1, 0.15) is 25.8 Å². The fourth-order valence-electron chi connectivity index (χ4n) is 3.55. The van der Waals surface area contributed by atoms with Crippen molar-refractivity contribution < 1.29 is 18.0 Å². The van der Waals surface area contributed by atoms with Crippen LogP contribution in [-0.2, 0) is 4.79 Å². The number of hydrogen-bond acceptors (Lipinski definition) is 5. The molecule has 1 saturated carbocycles. The summed E-state index contributed by atoms with van der Waals surface area (Å²) in [4.78, 5) is 20.8. The Morgan fingerprint density at radius 2 is 2.12 bits per heavy atom. The maximum atomic E-state index is 13.0. The predicted molar refractivity (Wildman–Crippen MR) is 125 cm³/mol. The number of hydrogen-bond donors (Lipinski definition) is 1. The van der Waals surface area contributed by atoms with E-state index in [1.807, 2.05) is 10.6 Å². The van der Waals surface area contributed by atoms with Gasteiger partial charge in [-0.2, -0.15) is 13.2 Å². The van der Waals surface area contributed by atoms with Gasteiger partial charge in [0, 0.05) is 42.2 Å². The zero-order valence-electron chi connectivity index (χ0n) is 18.5. The van der Waals surface area contributed by atoms with Gasteiger partial charge in [-0.25, -0.2) is 0 Å². The zero-order valence-corrected chi connectivity index (χ0v) is 18.5. The Bertz CT molecular complexity index is 1220. The first-order chi connectivity index (χ1) is 16.3. The number of anilines is 1. The Labute approximate surface area is 194 Å². The van der Waals surface area contributed by atoms with Crippen LogP contribution in [-0.4, -0.2) is 45.8 Å². The van der Waals surface area contributed by atoms with Crippen LogP contribution < -0.4 is 5.32 Å². The Morgan fingerprint density at radius 1 is 1.32 bits per heavy atom. The highest BCUT2D eigenvalue weighted by Gasteiger charge is 2.34. The molecule has 0 bridgehead atoms. The van der Waals surface area contributed by atoms with Gasteiger partial charge in [0.2, 0.25) is 0 Å². The molecule has 0 saturated heterocycles. The molecule has 1 fully saturated rings. The summed E-state index contributed by atoms with van der Waals surface area (Å²) in [5.41, 5.74) is 0.827. The number of aromatic nitrogens is 3. The maximum absolute atomic E-state index is 13.0. The number of alkyl halides is 3. The molecule has 1 aromatic heterocycles. The number of carbonyl (C=O) groups is 1. The quantitative estimate of drug-likeness (QED) is 0.355. The first kappa shape index (κ1) is 23.3. The molecule has 4 rings (SSSR count). The van der Waals surface area contributed by atoms with Crippen LogP contribution in [0.5, 0.6) is 0 Å². The number of benzene rings is 1. The van der Waals surface area contributed by atoms with Gasteiger partial charge in [0.25, 0.3) is 5.91 Å².